The molecule has 6 nitrogen and oxygen atoms in total. The Balaban J connectivity index is 1.71. The van der Waals surface area contributed by atoms with Gasteiger partial charge in [-0.25, -0.2) is 14.4 Å². The second-order valence-electron chi connectivity index (χ2n) is 7.79. The number of nitrogens with one attached hydrogen (secondary N) is 1. The molecule has 2 aromatic rings. The van der Waals surface area contributed by atoms with E-state index in [0.717, 1.165) is 30.6 Å². The first-order chi connectivity index (χ1) is 14.0. The minimum Gasteiger partial charge on any atom is -0.494 e. The molecule has 1 aliphatic carbocycles. The van der Waals surface area contributed by atoms with E-state index in [1.165, 1.54) is 6.20 Å². The zero-order valence-corrected chi connectivity index (χ0v) is 16.2. The molecule has 0 saturated heterocycles. The predicted octanol–water partition coefficient (Wildman–Crippen LogP) is 3.08. The molecule has 1 fully saturated rings. The molecule has 1 amide bonds. The molecule has 1 aromatic heterocycles. The highest BCUT2D eigenvalue weighted by Gasteiger charge is 2.45. The normalized spacial score (nSPS) is 26.4. The Hall–Kier alpha value is -2.96. The molecule has 1 saturated carbocycles. The zero-order valence-electron chi connectivity index (χ0n) is 16.2. The maximum absolute atomic E-state index is 14.5. The van der Waals surface area contributed by atoms with Gasteiger partial charge in [0.05, 0.1) is 18.7 Å². The Morgan fingerprint density at radius 2 is 2.28 bits per heavy atom. The molecule has 0 spiro atoms. The van der Waals surface area contributed by atoms with Crippen molar-refractivity contribution in [3.63, 3.8) is 0 Å². The van der Waals surface area contributed by atoms with E-state index >= 15 is 0 Å². The molecule has 7 heteroatoms. The molecule has 4 bridgehead atoms. The van der Waals surface area contributed by atoms with Crippen LogP contribution >= 0.6 is 0 Å². The average Bonchev–Trinajstić information content (AvgIpc) is 3.05. The lowest BCUT2D eigenvalue weighted by atomic mass is 9.91. The van der Waals surface area contributed by atoms with Gasteiger partial charge in [0.2, 0.25) is 5.91 Å². The number of fused-ring (bicyclic) bond motifs is 5. The maximum atomic E-state index is 14.5. The van der Waals surface area contributed by atoms with Crippen LogP contribution in [0.1, 0.15) is 30.7 Å². The van der Waals surface area contributed by atoms with E-state index in [1.54, 1.807) is 6.08 Å². The van der Waals surface area contributed by atoms with Crippen molar-refractivity contribution in [2.45, 2.75) is 31.7 Å². The quantitative estimate of drug-likeness (QED) is 0.762. The number of hydrogen-bond donors (Lipinski definition) is 2. The van der Waals surface area contributed by atoms with Crippen molar-refractivity contribution in [1.29, 1.82) is 0 Å². The van der Waals surface area contributed by atoms with Gasteiger partial charge in [-0.3, -0.25) is 4.79 Å². The van der Waals surface area contributed by atoms with Crippen molar-refractivity contribution < 1.29 is 13.9 Å². The highest BCUT2D eigenvalue weighted by atomic mass is 19.1. The minimum atomic E-state index is -0.540. The minimum absolute atomic E-state index is 0.0500. The first kappa shape index (κ1) is 19.4. The van der Waals surface area contributed by atoms with Crippen LogP contribution in [-0.2, 0) is 11.2 Å². The monoisotopic (exact) mass is 396 g/mol. The summed E-state index contributed by atoms with van der Waals surface area (Å²) in [7, 11) is 0. The first-order valence-electron chi connectivity index (χ1n) is 9.96. The van der Waals surface area contributed by atoms with Gasteiger partial charge in [-0.05, 0) is 48.8 Å². The van der Waals surface area contributed by atoms with E-state index in [-0.39, 0.29) is 23.7 Å². The molecule has 0 radical (unpaired) electrons. The number of primary amides is 1. The number of benzene rings is 1. The third kappa shape index (κ3) is 4.09. The number of nitrogens with two attached hydrogens (primary N) is 1. The molecular formula is C22H25FN4O2. The van der Waals surface area contributed by atoms with Crippen molar-refractivity contribution >= 4 is 11.7 Å². The first-order valence-corrected chi connectivity index (χ1v) is 9.96. The highest BCUT2D eigenvalue weighted by Crippen LogP contribution is 2.41. The van der Waals surface area contributed by atoms with Crippen LogP contribution < -0.4 is 15.8 Å². The number of hydrogen-bond acceptors (Lipinski definition) is 5. The smallest absolute Gasteiger partial charge is 0.223 e. The van der Waals surface area contributed by atoms with Gasteiger partial charge in [0.25, 0.3) is 0 Å². The van der Waals surface area contributed by atoms with Gasteiger partial charge < -0.3 is 15.8 Å². The fourth-order valence-electron chi connectivity index (χ4n) is 4.55. The Morgan fingerprint density at radius 3 is 3.07 bits per heavy atom. The van der Waals surface area contributed by atoms with E-state index in [9.17, 15) is 9.18 Å². The highest BCUT2D eigenvalue weighted by molar-refractivity contribution is 5.79. The molecule has 2 heterocycles. The Bertz CT molecular complexity index is 919. The van der Waals surface area contributed by atoms with Gasteiger partial charge in [-0.1, -0.05) is 18.2 Å². The lowest BCUT2D eigenvalue weighted by Crippen LogP contribution is -2.40. The summed E-state index contributed by atoms with van der Waals surface area (Å²) in [6.07, 6.45) is 5.82. The molecule has 4 atom stereocenters. The number of halogens is 1. The molecule has 1 aliphatic heterocycles. The van der Waals surface area contributed by atoms with Crippen LogP contribution in [0.3, 0.4) is 0 Å². The number of amides is 1. The largest absolute Gasteiger partial charge is 0.494 e. The van der Waals surface area contributed by atoms with Gasteiger partial charge in [-0.2, -0.15) is 0 Å². The fourth-order valence-corrected chi connectivity index (χ4v) is 4.55. The lowest BCUT2D eigenvalue weighted by Gasteiger charge is -2.26. The van der Waals surface area contributed by atoms with E-state index in [2.05, 4.69) is 21.9 Å². The van der Waals surface area contributed by atoms with Crippen molar-refractivity contribution in [1.82, 2.24) is 9.97 Å². The lowest BCUT2D eigenvalue weighted by molar-refractivity contribution is -0.122. The number of carbonyl (C=O) groups is 1. The van der Waals surface area contributed by atoms with Gasteiger partial charge >= 0.3 is 0 Å². The third-order valence-corrected chi connectivity index (χ3v) is 5.91. The summed E-state index contributed by atoms with van der Waals surface area (Å²) < 4.78 is 20.4. The third-order valence-electron chi connectivity index (χ3n) is 5.91. The van der Waals surface area contributed by atoms with E-state index < -0.39 is 17.6 Å². The van der Waals surface area contributed by atoms with Crippen molar-refractivity contribution in [2.24, 2.45) is 23.5 Å². The fraction of sp³-hybridized carbons (Fsp3) is 0.409. The van der Waals surface area contributed by atoms with Crippen LogP contribution in [0.15, 0.2) is 43.1 Å². The Morgan fingerprint density at radius 1 is 1.41 bits per heavy atom. The Kier molecular flexibility index (Phi) is 5.47. The SMILES string of the molecule is C=CC1CC2CCCOc3cccc(c3)Cc3ncc(F)c(n3)N[C@H]2[C@H]1C(N)=O. The summed E-state index contributed by atoms with van der Waals surface area (Å²) in [6, 6.07) is 7.46. The number of anilines is 1. The topological polar surface area (TPSA) is 90.1 Å². The summed E-state index contributed by atoms with van der Waals surface area (Å²) in [5.41, 5.74) is 6.70. The van der Waals surface area contributed by atoms with E-state index in [4.69, 9.17) is 10.5 Å². The second-order valence-corrected chi connectivity index (χ2v) is 7.79. The number of carbonyl (C=O) groups excluding carboxylic acids is 1. The van der Waals surface area contributed by atoms with Crippen LogP contribution in [0.4, 0.5) is 10.2 Å². The molecule has 3 N–H and O–H groups in total. The van der Waals surface area contributed by atoms with Crippen LogP contribution in [0.5, 0.6) is 5.75 Å². The molecular weight excluding hydrogens is 371 g/mol. The summed E-state index contributed by atoms with van der Waals surface area (Å²) in [5.74, 6) is 0.0777. The molecule has 2 unspecified atom stereocenters. The maximum Gasteiger partial charge on any atom is 0.223 e. The molecule has 4 rings (SSSR count). The van der Waals surface area contributed by atoms with Crippen LogP contribution in [-0.4, -0.2) is 28.5 Å². The summed E-state index contributed by atoms with van der Waals surface area (Å²) in [4.78, 5) is 20.7. The van der Waals surface area contributed by atoms with E-state index in [0.29, 0.717) is 18.9 Å². The number of aromatic nitrogens is 2. The van der Waals surface area contributed by atoms with Gasteiger partial charge in [0.15, 0.2) is 11.6 Å². The van der Waals surface area contributed by atoms with Gasteiger partial charge in [0, 0.05) is 12.5 Å². The van der Waals surface area contributed by atoms with Gasteiger partial charge in [-0.15, -0.1) is 6.58 Å². The van der Waals surface area contributed by atoms with Crippen molar-refractivity contribution in [3.05, 3.63) is 60.3 Å². The average molecular weight is 396 g/mol. The number of ether oxygens (including phenoxy) is 1. The summed E-state index contributed by atoms with van der Waals surface area (Å²) in [5, 5.41) is 3.19. The summed E-state index contributed by atoms with van der Waals surface area (Å²) in [6.45, 7) is 4.44. The zero-order chi connectivity index (χ0) is 20.4. The standard InChI is InChI=1S/C22H25FN4O2/c1-2-14-11-15-6-4-8-29-16-7-3-5-13(9-16)10-18-25-12-17(23)22(26-18)27-20(15)19(14)21(24)28/h2-3,5,7,9,12,14-15,19-20H,1,4,6,8,10-11H2,(H2,24,28)(H,25,26,27)/t14?,15?,19-,20+/m0/s1. The Labute approximate surface area is 169 Å². The number of allylic oxidation sites excluding steroid dienone is 1. The van der Waals surface area contributed by atoms with E-state index in [1.807, 2.05) is 24.3 Å². The van der Waals surface area contributed by atoms with Gasteiger partial charge in [0.1, 0.15) is 11.6 Å². The predicted molar refractivity (Wildman–Crippen MR) is 108 cm³/mol. The number of nitrogens with zero attached hydrogens (tertiary/aromatic N) is 2. The van der Waals surface area contributed by atoms with Crippen LogP contribution in [0.2, 0.25) is 0 Å². The summed E-state index contributed by atoms with van der Waals surface area (Å²) >= 11 is 0. The van der Waals surface area contributed by atoms with Crippen LogP contribution in [0, 0.1) is 23.6 Å². The molecule has 1 aromatic carbocycles. The molecule has 2 aliphatic rings. The van der Waals surface area contributed by atoms with Crippen molar-refractivity contribution in [3.8, 4) is 5.75 Å². The molecule has 29 heavy (non-hydrogen) atoms. The second kappa shape index (κ2) is 8.19. The van der Waals surface area contributed by atoms with Crippen LogP contribution in [0.25, 0.3) is 0 Å². The molecule has 152 valence electrons. The number of rotatable bonds is 2. The van der Waals surface area contributed by atoms with Crippen molar-refractivity contribution in [2.75, 3.05) is 11.9 Å².